The lowest BCUT2D eigenvalue weighted by atomic mass is 10.3. The second-order valence-electron chi connectivity index (χ2n) is 2.77. The summed E-state index contributed by atoms with van der Waals surface area (Å²) in [6.07, 6.45) is 0.288. The van der Waals surface area contributed by atoms with Crippen molar-refractivity contribution in [1.82, 2.24) is 5.32 Å². The molecule has 0 aromatic heterocycles. The van der Waals surface area contributed by atoms with Crippen LogP contribution in [0.25, 0.3) is 0 Å². The monoisotopic (exact) mass is 223 g/mol. The van der Waals surface area contributed by atoms with Gasteiger partial charge in [0, 0.05) is 6.54 Å². The number of benzene rings is 1. The molecule has 0 aliphatic rings. The molecule has 0 heterocycles. The average molecular weight is 224 g/mol. The summed E-state index contributed by atoms with van der Waals surface area (Å²) in [7, 11) is 0. The Labute approximate surface area is 92.8 Å². The number of hydrogen-bond donors (Lipinski definition) is 2. The fraction of sp³-hybridized carbons (Fsp3) is 0.200. The zero-order chi connectivity index (χ0) is 11.1. The van der Waals surface area contributed by atoms with Gasteiger partial charge in [0.15, 0.2) is 0 Å². The van der Waals surface area contributed by atoms with E-state index in [1.54, 1.807) is 24.3 Å². The number of nitrogens with zero attached hydrogens (tertiary/aromatic N) is 1. The SMILES string of the molecule is N#CCCNC(=O)Nc1ccccc1Cl. The van der Waals surface area contributed by atoms with Crippen molar-refractivity contribution in [2.45, 2.75) is 6.42 Å². The van der Waals surface area contributed by atoms with Gasteiger partial charge in [-0.3, -0.25) is 0 Å². The number of anilines is 1. The van der Waals surface area contributed by atoms with E-state index in [0.717, 1.165) is 0 Å². The molecule has 0 fully saturated rings. The summed E-state index contributed by atoms with van der Waals surface area (Å²) in [6, 6.07) is 8.51. The second kappa shape index (κ2) is 5.89. The van der Waals surface area contributed by atoms with Crippen LogP contribution in [0.5, 0.6) is 0 Å². The maximum Gasteiger partial charge on any atom is 0.319 e. The van der Waals surface area contributed by atoms with Crippen LogP contribution in [0.2, 0.25) is 5.02 Å². The largest absolute Gasteiger partial charge is 0.337 e. The number of nitrogens with one attached hydrogen (secondary N) is 2. The first-order chi connectivity index (χ1) is 7.24. The Hall–Kier alpha value is -1.73. The van der Waals surface area contributed by atoms with Crippen molar-refractivity contribution in [2.75, 3.05) is 11.9 Å². The highest BCUT2D eigenvalue weighted by Gasteiger charge is 2.03. The molecule has 2 N–H and O–H groups in total. The molecule has 78 valence electrons. The van der Waals surface area contributed by atoms with E-state index in [-0.39, 0.29) is 12.5 Å². The zero-order valence-corrected chi connectivity index (χ0v) is 8.71. The third-order valence-electron chi connectivity index (χ3n) is 1.64. The van der Waals surface area contributed by atoms with Crippen molar-refractivity contribution in [2.24, 2.45) is 0 Å². The maximum atomic E-state index is 11.2. The van der Waals surface area contributed by atoms with E-state index in [1.807, 2.05) is 6.07 Å². The summed E-state index contributed by atoms with van der Waals surface area (Å²) in [5.41, 5.74) is 0.550. The quantitative estimate of drug-likeness (QED) is 0.773. The highest BCUT2D eigenvalue weighted by atomic mass is 35.5. The molecule has 0 saturated heterocycles. The van der Waals surface area contributed by atoms with Gasteiger partial charge in [0.2, 0.25) is 0 Å². The number of amides is 2. The van der Waals surface area contributed by atoms with Crippen LogP contribution in [0.1, 0.15) is 6.42 Å². The molecule has 1 aromatic rings. The molecular weight excluding hydrogens is 214 g/mol. The van der Waals surface area contributed by atoms with E-state index < -0.39 is 0 Å². The molecule has 4 nitrogen and oxygen atoms in total. The van der Waals surface area contributed by atoms with Crippen LogP contribution in [0, 0.1) is 11.3 Å². The Morgan fingerprint density at radius 2 is 2.20 bits per heavy atom. The normalized spacial score (nSPS) is 9.07. The molecule has 0 aliphatic carbocycles. The van der Waals surface area contributed by atoms with Gasteiger partial charge >= 0.3 is 6.03 Å². The lowest BCUT2D eigenvalue weighted by Crippen LogP contribution is -2.29. The Kier molecular flexibility index (Phi) is 4.45. The van der Waals surface area contributed by atoms with Gasteiger partial charge in [-0.2, -0.15) is 5.26 Å². The Balaban J connectivity index is 2.45. The maximum absolute atomic E-state index is 11.2. The third-order valence-corrected chi connectivity index (χ3v) is 1.97. The first-order valence-electron chi connectivity index (χ1n) is 4.40. The number of para-hydroxylation sites is 1. The molecular formula is C10H10ClN3O. The number of carbonyl (C=O) groups is 1. The van der Waals surface area contributed by atoms with Gasteiger partial charge in [0.05, 0.1) is 23.2 Å². The van der Waals surface area contributed by atoms with Crippen molar-refractivity contribution in [3.8, 4) is 6.07 Å². The number of urea groups is 1. The van der Waals surface area contributed by atoms with Gasteiger partial charge in [-0.15, -0.1) is 0 Å². The summed E-state index contributed by atoms with van der Waals surface area (Å²) in [6.45, 7) is 0.326. The van der Waals surface area contributed by atoms with Crippen molar-refractivity contribution >= 4 is 23.3 Å². The Bertz CT molecular complexity index is 386. The fourth-order valence-electron chi connectivity index (χ4n) is 0.961. The van der Waals surface area contributed by atoms with Crippen LogP contribution in [-0.2, 0) is 0 Å². The molecule has 1 aromatic carbocycles. The van der Waals surface area contributed by atoms with Crippen LogP contribution in [-0.4, -0.2) is 12.6 Å². The highest BCUT2D eigenvalue weighted by Crippen LogP contribution is 2.19. The summed E-state index contributed by atoms with van der Waals surface area (Å²) in [5, 5.41) is 13.9. The molecule has 0 spiro atoms. The standard InChI is InChI=1S/C10H10ClN3O/c11-8-4-1-2-5-9(8)14-10(15)13-7-3-6-12/h1-2,4-5H,3,7H2,(H2,13,14,15). The predicted molar refractivity (Wildman–Crippen MR) is 58.7 cm³/mol. The van der Waals surface area contributed by atoms with E-state index in [0.29, 0.717) is 17.3 Å². The van der Waals surface area contributed by atoms with Gasteiger partial charge in [0.1, 0.15) is 0 Å². The number of rotatable bonds is 3. The number of halogens is 1. The van der Waals surface area contributed by atoms with Gasteiger partial charge < -0.3 is 10.6 Å². The second-order valence-corrected chi connectivity index (χ2v) is 3.18. The minimum absolute atomic E-state index is 0.288. The van der Waals surface area contributed by atoms with Crippen molar-refractivity contribution < 1.29 is 4.79 Å². The molecule has 0 bridgehead atoms. The van der Waals surface area contributed by atoms with Crippen LogP contribution in [0.4, 0.5) is 10.5 Å². The third kappa shape index (κ3) is 3.88. The molecule has 2 amide bonds. The molecule has 0 atom stereocenters. The molecule has 1 rings (SSSR count). The minimum atomic E-state index is -0.363. The van der Waals surface area contributed by atoms with Gasteiger partial charge in [-0.05, 0) is 12.1 Å². The van der Waals surface area contributed by atoms with Gasteiger partial charge in [-0.1, -0.05) is 23.7 Å². The topological polar surface area (TPSA) is 64.9 Å². The lowest BCUT2D eigenvalue weighted by Gasteiger charge is -2.07. The summed E-state index contributed by atoms with van der Waals surface area (Å²) < 4.78 is 0. The van der Waals surface area contributed by atoms with E-state index in [9.17, 15) is 4.79 Å². The molecule has 5 heteroatoms. The van der Waals surface area contributed by atoms with Gasteiger partial charge in [-0.25, -0.2) is 4.79 Å². The van der Waals surface area contributed by atoms with Crippen molar-refractivity contribution in [1.29, 1.82) is 5.26 Å². The molecule has 0 unspecified atom stereocenters. The highest BCUT2D eigenvalue weighted by molar-refractivity contribution is 6.33. The van der Waals surface area contributed by atoms with Crippen LogP contribution in [0.15, 0.2) is 24.3 Å². The minimum Gasteiger partial charge on any atom is -0.337 e. The van der Waals surface area contributed by atoms with Gasteiger partial charge in [0.25, 0.3) is 0 Å². The molecule has 15 heavy (non-hydrogen) atoms. The van der Waals surface area contributed by atoms with Crippen LogP contribution >= 0.6 is 11.6 Å². The van der Waals surface area contributed by atoms with Crippen molar-refractivity contribution in [3.05, 3.63) is 29.3 Å². The van der Waals surface area contributed by atoms with E-state index in [1.165, 1.54) is 0 Å². The smallest absolute Gasteiger partial charge is 0.319 e. The molecule has 0 radical (unpaired) electrons. The number of carbonyl (C=O) groups excluding carboxylic acids is 1. The van der Waals surface area contributed by atoms with Crippen LogP contribution in [0.3, 0.4) is 0 Å². The number of nitriles is 1. The first kappa shape index (κ1) is 11.3. The summed E-state index contributed by atoms with van der Waals surface area (Å²) in [4.78, 5) is 11.2. The summed E-state index contributed by atoms with van der Waals surface area (Å²) in [5.74, 6) is 0. The number of hydrogen-bond acceptors (Lipinski definition) is 2. The van der Waals surface area contributed by atoms with Crippen molar-refractivity contribution in [3.63, 3.8) is 0 Å². The lowest BCUT2D eigenvalue weighted by molar-refractivity contribution is 0.252. The average Bonchev–Trinajstić information content (AvgIpc) is 2.22. The predicted octanol–water partition coefficient (Wildman–Crippen LogP) is 2.38. The Morgan fingerprint density at radius 1 is 1.47 bits per heavy atom. The van der Waals surface area contributed by atoms with Crippen LogP contribution < -0.4 is 10.6 Å². The summed E-state index contributed by atoms with van der Waals surface area (Å²) >= 11 is 5.83. The van der Waals surface area contributed by atoms with E-state index >= 15 is 0 Å². The fourth-order valence-corrected chi connectivity index (χ4v) is 1.14. The molecule has 0 saturated carbocycles. The molecule has 0 aliphatic heterocycles. The zero-order valence-electron chi connectivity index (χ0n) is 7.96. The first-order valence-corrected chi connectivity index (χ1v) is 4.78. The van der Waals surface area contributed by atoms with E-state index in [4.69, 9.17) is 16.9 Å². The Morgan fingerprint density at radius 3 is 2.87 bits per heavy atom. The van der Waals surface area contributed by atoms with E-state index in [2.05, 4.69) is 10.6 Å².